The second-order valence-corrected chi connectivity index (χ2v) is 8.40. The molecule has 0 spiro atoms. The normalized spacial score (nSPS) is 14.5. The molecule has 0 aliphatic carbocycles. The van der Waals surface area contributed by atoms with Crippen molar-refractivity contribution in [3.8, 4) is 0 Å². The van der Waals surface area contributed by atoms with Gasteiger partial charge in [0, 0.05) is 19.6 Å². The van der Waals surface area contributed by atoms with Crippen molar-refractivity contribution in [2.45, 2.75) is 51.3 Å². The quantitative estimate of drug-likeness (QED) is 0.258. The van der Waals surface area contributed by atoms with Crippen molar-refractivity contribution in [2.75, 3.05) is 33.0 Å². The monoisotopic (exact) mass is 464 g/mol. The van der Waals surface area contributed by atoms with Crippen molar-refractivity contribution in [3.63, 3.8) is 0 Å². The highest BCUT2D eigenvalue weighted by molar-refractivity contribution is 5.85. The maximum atomic E-state index is 12.5. The van der Waals surface area contributed by atoms with Crippen LogP contribution in [0.1, 0.15) is 38.7 Å². The summed E-state index contributed by atoms with van der Waals surface area (Å²) in [5.74, 6) is -0.324. The maximum absolute atomic E-state index is 12.5. The summed E-state index contributed by atoms with van der Waals surface area (Å²) < 4.78 is 11.1. The molecule has 33 heavy (non-hydrogen) atoms. The third-order valence-electron chi connectivity index (χ3n) is 4.94. The minimum Gasteiger partial charge on any atom is -0.449 e. The van der Waals surface area contributed by atoms with Crippen LogP contribution in [0.3, 0.4) is 0 Å². The molecule has 1 aliphatic heterocycles. The minimum atomic E-state index is -1.06. The average Bonchev–Trinajstić information content (AvgIpc) is 3.24. The van der Waals surface area contributed by atoms with Crippen molar-refractivity contribution in [1.82, 2.24) is 16.1 Å². The number of alkyl carbamates (subject to hydrolysis) is 1. The van der Waals surface area contributed by atoms with Gasteiger partial charge < -0.3 is 30.9 Å². The number of hydrogen-bond acceptors (Lipinski definition) is 8. The minimum absolute atomic E-state index is 0.0920. The SMILES string of the molecule is CC(C)(N)C(=O)NC(COCc1ccccc1)C1=C(CCOC(=O)NCCCCO)CON1. The van der Waals surface area contributed by atoms with E-state index in [-0.39, 0.29) is 25.7 Å². The molecule has 0 bridgehead atoms. The van der Waals surface area contributed by atoms with Crippen LogP contribution >= 0.6 is 0 Å². The average molecular weight is 465 g/mol. The lowest BCUT2D eigenvalue weighted by molar-refractivity contribution is -0.126. The fourth-order valence-corrected chi connectivity index (χ4v) is 3.03. The van der Waals surface area contributed by atoms with E-state index in [0.717, 1.165) is 11.1 Å². The number of nitrogens with one attached hydrogen (secondary N) is 3. The number of ether oxygens (including phenoxy) is 2. The Morgan fingerprint density at radius 3 is 2.73 bits per heavy atom. The van der Waals surface area contributed by atoms with E-state index in [2.05, 4.69) is 16.1 Å². The maximum Gasteiger partial charge on any atom is 0.407 e. The molecule has 0 fully saturated rings. The van der Waals surface area contributed by atoms with Crippen LogP contribution in [0, 0.1) is 0 Å². The van der Waals surface area contributed by atoms with Gasteiger partial charge in [-0.3, -0.25) is 15.1 Å². The number of rotatable bonds is 14. The zero-order valence-electron chi connectivity index (χ0n) is 19.4. The number of benzene rings is 1. The van der Waals surface area contributed by atoms with Crippen molar-refractivity contribution < 1.29 is 29.0 Å². The van der Waals surface area contributed by atoms with E-state index in [9.17, 15) is 9.59 Å². The highest BCUT2D eigenvalue weighted by Crippen LogP contribution is 2.18. The molecule has 10 nitrogen and oxygen atoms in total. The summed E-state index contributed by atoms with van der Waals surface area (Å²) in [5.41, 5.74) is 10.3. The Balaban J connectivity index is 1.95. The Morgan fingerprint density at radius 2 is 2.03 bits per heavy atom. The van der Waals surface area contributed by atoms with Crippen molar-refractivity contribution in [1.29, 1.82) is 0 Å². The van der Waals surface area contributed by atoms with Crippen LogP contribution in [0.2, 0.25) is 0 Å². The van der Waals surface area contributed by atoms with E-state index in [1.807, 2.05) is 30.3 Å². The van der Waals surface area contributed by atoms with Crippen molar-refractivity contribution >= 4 is 12.0 Å². The van der Waals surface area contributed by atoms with Crippen LogP contribution in [0.15, 0.2) is 41.6 Å². The number of amides is 2. The first-order chi connectivity index (χ1) is 15.8. The summed E-state index contributed by atoms with van der Waals surface area (Å²) in [6.07, 6.45) is 1.23. The third-order valence-corrected chi connectivity index (χ3v) is 4.94. The fourth-order valence-electron chi connectivity index (χ4n) is 3.03. The zero-order valence-corrected chi connectivity index (χ0v) is 19.4. The number of hydrogen-bond donors (Lipinski definition) is 5. The molecule has 1 unspecified atom stereocenters. The third kappa shape index (κ3) is 9.79. The molecule has 1 aliphatic rings. The number of carbonyl (C=O) groups excluding carboxylic acids is 2. The molecular weight excluding hydrogens is 428 g/mol. The lowest BCUT2D eigenvalue weighted by Gasteiger charge is -2.25. The van der Waals surface area contributed by atoms with Crippen LogP contribution in [0.5, 0.6) is 0 Å². The van der Waals surface area contributed by atoms with Gasteiger partial charge in [-0.25, -0.2) is 4.79 Å². The lowest BCUT2D eigenvalue weighted by Crippen LogP contribution is -2.54. The summed E-state index contributed by atoms with van der Waals surface area (Å²) >= 11 is 0. The van der Waals surface area contributed by atoms with E-state index in [4.69, 9.17) is 25.2 Å². The van der Waals surface area contributed by atoms with E-state index >= 15 is 0 Å². The molecule has 0 aromatic heterocycles. The number of aliphatic hydroxyl groups excluding tert-OH is 1. The van der Waals surface area contributed by atoms with Gasteiger partial charge in [-0.2, -0.15) is 0 Å². The van der Waals surface area contributed by atoms with Gasteiger partial charge in [0.05, 0.1) is 43.7 Å². The van der Waals surface area contributed by atoms with E-state index in [1.165, 1.54) is 0 Å². The molecule has 2 amide bonds. The second-order valence-electron chi connectivity index (χ2n) is 8.40. The Kier molecular flexibility index (Phi) is 11.1. The van der Waals surface area contributed by atoms with Gasteiger partial charge in [0.2, 0.25) is 5.91 Å². The number of carbonyl (C=O) groups is 2. The van der Waals surface area contributed by atoms with Gasteiger partial charge in [0.25, 0.3) is 0 Å². The highest BCUT2D eigenvalue weighted by Gasteiger charge is 2.30. The summed E-state index contributed by atoms with van der Waals surface area (Å²) in [5, 5.41) is 14.3. The van der Waals surface area contributed by atoms with E-state index in [0.29, 0.717) is 44.7 Å². The van der Waals surface area contributed by atoms with Crippen LogP contribution in [-0.2, 0) is 25.7 Å². The molecule has 1 heterocycles. The molecule has 10 heteroatoms. The first kappa shape index (κ1) is 26.6. The van der Waals surface area contributed by atoms with Gasteiger partial charge in [-0.15, -0.1) is 0 Å². The highest BCUT2D eigenvalue weighted by atomic mass is 16.6. The Bertz CT molecular complexity index is 779. The largest absolute Gasteiger partial charge is 0.449 e. The second kappa shape index (κ2) is 13.8. The van der Waals surface area contributed by atoms with Crippen molar-refractivity contribution in [2.24, 2.45) is 5.73 Å². The molecule has 2 rings (SSSR count). The first-order valence-electron chi connectivity index (χ1n) is 11.1. The molecule has 0 saturated carbocycles. The predicted molar refractivity (Wildman–Crippen MR) is 123 cm³/mol. The topological polar surface area (TPSA) is 144 Å². The first-order valence-corrected chi connectivity index (χ1v) is 11.1. The molecule has 1 atom stereocenters. The Hall–Kier alpha value is -2.66. The smallest absolute Gasteiger partial charge is 0.407 e. The van der Waals surface area contributed by atoms with Gasteiger partial charge >= 0.3 is 6.09 Å². The molecule has 184 valence electrons. The fraction of sp³-hybridized carbons (Fsp3) is 0.565. The van der Waals surface area contributed by atoms with Crippen molar-refractivity contribution in [3.05, 3.63) is 47.2 Å². The number of aliphatic hydroxyl groups is 1. The predicted octanol–water partition coefficient (Wildman–Crippen LogP) is 1.10. The Labute approximate surface area is 194 Å². The van der Waals surface area contributed by atoms with Gasteiger partial charge in [0.1, 0.15) is 0 Å². The van der Waals surface area contributed by atoms with E-state index < -0.39 is 17.7 Å². The molecule has 0 saturated heterocycles. The molecular formula is C23H36N4O6. The summed E-state index contributed by atoms with van der Waals surface area (Å²) in [6, 6.07) is 9.22. The summed E-state index contributed by atoms with van der Waals surface area (Å²) in [6.45, 7) is 4.85. The molecule has 0 radical (unpaired) electrons. The molecule has 1 aromatic rings. The zero-order chi connectivity index (χ0) is 24.1. The molecule has 6 N–H and O–H groups in total. The summed E-state index contributed by atoms with van der Waals surface area (Å²) in [4.78, 5) is 29.7. The molecule has 1 aromatic carbocycles. The van der Waals surface area contributed by atoms with Crippen LogP contribution < -0.4 is 21.8 Å². The lowest BCUT2D eigenvalue weighted by atomic mass is 10.0. The number of hydroxylamine groups is 1. The summed E-state index contributed by atoms with van der Waals surface area (Å²) in [7, 11) is 0. The van der Waals surface area contributed by atoms with Gasteiger partial charge in [-0.05, 0) is 37.8 Å². The van der Waals surface area contributed by atoms with Crippen LogP contribution in [-0.4, -0.2) is 61.7 Å². The van der Waals surface area contributed by atoms with Crippen LogP contribution in [0.25, 0.3) is 0 Å². The number of nitrogens with two attached hydrogens (primary N) is 1. The number of unbranched alkanes of at least 4 members (excludes halogenated alkanes) is 1. The van der Waals surface area contributed by atoms with Gasteiger partial charge in [0.15, 0.2) is 0 Å². The Morgan fingerprint density at radius 1 is 1.27 bits per heavy atom. The van der Waals surface area contributed by atoms with Crippen LogP contribution in [0.4, 0.5) is 4.79 Å². The van der Waals surface area contributed by atoms with Gasteiger partial charge in [-0.1, -0.05) is 30.3 Å². The van der Waals surface area contributed by atoms with E-state index in [1.54, 1.807) is 13.8 Å². The standard InChI is InChI=1S/C23H36N4O6/c1-23(2,24)21(29)26-19(16-31-14-17-8-4-3-5-9-17)20-18(15-33-27-20)10-13-32-22(30)25-11-6-7-12-28/h3-5,8-9,19,27-28H,6-7,10-16,24H2,1-2H3,(H,25,30)(H,26,29).